The van der Waals surface area contributed by atoms with E-state index < -0.39 is 21.1 Å². The molecule has 80 valence electrons. The highest BCUT2D eigenvalue weighted by Crippen LogP contribution is 2.16. The maximum atomic E-state index is 11.2. The molecule has 0 aliphatic rings. The van der Waals surface area contributed by atoms with E-state index in [0.717, 1.165) is 6.26 Å². The van der Waals surface area contributed by atoms with Crippen LogP contribution in [0.4, 0.5) is 0 Å². The largest absolute Gasteiger partial charge is 0.321 e. The lowest BCUT2D eigenvalue weighted by Crippen LogP contribution is -2.30. The smallest absolute Gasteiger partial charge is 0.151 e. The van der Waals surface area contributed by atoms with Gasteiger partial charge in [0.1, 0.15) is 5.69 Å². The Bertz CT molecular complexity index is 411. The molecule has 1 heterocycles. The second kappa shape index (κ2) is 3.66. The van der Waals surface area contributed by atoms with Crippen molar-refractivity contribution in [2.45, 2.75) is 18.2 Å². The highest BCUT2D eigenvalue weighted by molar-refractivity contribution is 7.91. The Balaban J connectivity index is 2.91. The van der Waals surface area contributed by atoms with Gasteiger partial charge in [0.25, 0.3) is 0 Å². The second-order valence-corrected chi connectivity index (χ2v) is 5.78. The van der Waals surface area contributed by atoms with Crippen LogP contribution in [0.1, 0.15) is 18.7 Å². The van der Waals surface area contributed by atoms with E-state index in [-0.39, 0.29) is 0 Å². The van der Waals surface area contributed by atoms with Crippen LogP contribution in [0.3, 0.4) is 0 Å². The quantitative estimate of drug-likeness (QED) is 0.720. The minimum Gasteiger partial charge on any atom is -0.321 e. The molecule has 0 aliphatic carbocycles. The predicted molar refractivity (Wildman–Crippen MR) is 52.2 cm³/mol. The second-order valence-electron chi connectivity index (χ2n) is 3.38. The fourth-order valence-corrected chi connectivity index (χ4v) is 1.70. The molecule has 2 N–H and O–H groups in total. The first kappa shape index (κ1) is 11.1. The van der Waals surface area contributed by atoms with Gasteiger partial charge in [-0.1, -0.05) is 5.21 Å². The van der Waals surface area contributed by atoms with Gasteiger partial charge in [0.15, 0.2) is 9.84 Å². The SMILES string of the molecule is CC(C(N)c1cn(C)nn1)S(C)(=O)=O. The zero-order valence-electron chi connectivity index (χ0n) is 8.38. The Morgan fingerprint density at radius 1 is 1.57 bits per heavy atom. The first-order valence-electron chi connectivity index (χ1n) is 4.13. The molecule has 0 bridgehead atoms. The van der Waals surface area contributed by atoms with Gasteiger partial charge in [0.2, 0.25) is 0 Å². The lowest BCUT2D eigenvalue weighted by molar-refractivity contribution is 0.567. The van der Waals surface area contributed by atoms with Crippen LogP contribution in [-0.4, -0.2) is 34.9 Å². The van der Waals surface area contributed by atoms with E-state index in [4.69, 9.17) is 5.73 Å². The van der Waals surface area contributed by atoms with Gasteiger partial charge in [-0.2, -0.15) is 0 Å². The number of hydrogen-bond acceptors (Lipinski definition) is 5. The molecule has 1 aromatic rings. The fourth-order valence-electron chi connectivity index (χ4n) is 1.02. The zero-order chi connectivity index (χ0) is 10.9. The van der Waals surface area contributed by atoms with E-state index in [2.05, 4.69) is 10.3 Å². The molecule has 1 aromatic heterocycles. The molecule has 14 heavy (non-hydrogen) atoms. The van der Waals surface area contributed by atoms with Crippen molar-refractivity contribution in [1.82, 2.24) is 15.0 Å². The minimum absolute atomic E-state index is 0.491. The van der Waals surface area contributed by atoms with Crippen LogP contribution in [-0.2, 0) is 16.9 Å². The topological polar surface area (TPSA) is 90.9 Å². The van der Waals surface area contributed by atoms with Crippen LogP contribution in [0, 0.1) is 0 Å². The molecule has 6 nitrogen and oxygen atoms in total. The minimum atomic E-state index is -3.14. The highest BCUT2D eigenvalue weighted by atomic mass is 32.2. The molecule has 0 saturated heterocycles. The monoisotopic (exact) mass is 218 g/mol. The van der Waals surface area contributed by atoms with Gasteiger partial charge in [0.05, 0.1) is 11.3 Å². The van der Waals surface area contributed by atoms with Gasteiger partial charge in [-0.15, -0.1) is 5.10 Å². The number of sulfone groups is 1. The Hall–Kier alpha value is -0.950. The molecule has 0 amide bonds. The molecule has 1 rings (SSSR count). The summed E-state index contributed by atoms with van der Waals surface area (Å²) in [6.07, 6.45) is 2.78. The van der Waals surface area contributed by atoms with Crippen molar-refractivity contribution < 1.29 is 8.42 Å². The summed E-state index contributed by atoms with van der Waals surface area (Å²) in [5.74, 6) is 0. The molecule has 0 saturated carbocycles. The third kappa shape index (κ3) is 2.30. The third-order valence-electron chi connectivity index (χ3n) is 2.14. The Labute approximate surface area is 83.0 Å². The van der Waals surface area contributed by atoms with Gasteiger partial charge in [-0.3, -0.25) is 4.68 Å². The Morgan fingerprint density at radius 2 is 2.14 bits per heavy atom. The molecular formula is C7H14N4O2S. The van der Waals surface area contributed by atoms with Crippen molar-refractivity contribution in [2.75, 3.05) is 6.26 Å². The first-order valence-corrected chi connectivity index (χ1v) is 6.08. The number of rotatable bonds is 3. The predicted octanol–water partition coefficient (Wildman–Crippen LogP) is -0.752. The lowest BCUT2D eigenvalue weighted by Gasteiger charge is -2.15. The lowest BCUT2D eigenvalue weighted by atomic mass is 10.2. The van der Waals surface area contributed by atoms with Crippen LogP contribution in [0.15, 0.2) is 6.20 Å². The van der Waals surface area contributed by atoms with Gasteiger partial charge < -0.3 is 5.73 Å². The van der Waals surface area contributed by atoms with Crippen molar-refractivity contribution in [1.29, 1.82) is 0 Å². The summed E-state index contributed by atoms with van der Waals surface area (Å²) < 4.78 is 23.9. The molecule has 0 aromatic carbocycles. The fraction of sp³-hybridized carbons (Fsp3) is 0.714. The van der Waals surface area contributed by atoms with Crippen molar-refractivity contribution in [3.05, 3.63) is 11.9 Å². The summed E-state index contributed by atoms with van der Waals surface area (Å²) in [7, 11) is -1.44. The van der Waals surface area contributed by atoms with Gasteiger partial charge in [-0.05, 0) is 6.92 Å². The maximum Gasteiger partial charge on any atom is 0.151 e. The molecule has 2 atom stereocenters. The average Bonchev–Trinajstić information content (AvgIpc) is 2.47. The van der Waals surface area contributed by atoms with Crippen LogP contribution in [0.2, 0.25) is 0 Å². The Kier molecular flexibility index (Phi) is 2.91. The van der Waals surface area contributed by atoms with Crippen molar-refractivity contribution in [3.63, 3.8) is 0 Å². The summed E-state index contributed by atoms with van der Waals surface area (Å²) >= 11 is 0. The van der Waals surface area contributed by atoms with E-state index in [1.54, 1.807) is 20.2 Å². The average molecular weight is 218 g/mol. The number of hydrogen-bond donors (Lipinski definition) is 1. The zero-order valence-corrected chi connectivity index (χ0v) is 9.19. The summed E-state index contributed by atoms with van der Waals surface area (Å²) in [6.45, 7) is 1.56. The number of aromatic nitrogens is 3. The van der Waals surface area contributed by atoms with Crippen LogP contribution in [0.25, 0.3) is 0 Å². The van der Waals surface area contributed by atoms with Crippen LogP contribution < -0.4 is 5.73 Å². The number of nitrogens with two attached hydrogens (primary N) is 1. The normalized spacial score (nSPS) is 16.6. The summed E-state index contributed by atoms with van der Waals surface area (Å²) in [6, 6.07) is -0.626. The van der Waals surface area contributed by atoms with Gasteiger partial charge in [-0.25, -0.2) is 8.42 Å². The van der Waals surface area contributed by atoms with Gasteiger partial charge in [0, 0.05) is 19.5 Å². The molecule has 0 aliphatic heterocycles. The van der Waals surface area contributed by atoms with E-state index in [9.17, 15) is 8.42 Å². The van der Waals surface area contributed by atoms with Crippen LogP contribution >= 0.6 is 0 Å². The Morgan fingerprint density at radius 3 is 2.50 bits per heavy atom. The van der Waals surface area contributed by atoms with Gasteiger partial charge >= 0.3 is 0 Å². The summed E-state index contributed by atoms with van der Waals surface area (Å²) in [5, 5.41) is 6.81. The summed E-state index contributed by atoms with van der Waals surface area (Å²) in [5.41, 5.74) is 6.23. The molecule has 0 radical (unpaired) electrons. The molecular weight excluding hydrogens is 204 g/mol. The third-order valence-corrected chi connectivity index (χ3v) is 3.79. The molecule has 0 fully saturated rings. The number of nitrogens with zero attached hydrogens (tertiary/aromatic N) is 3. The van der Waals surface area contributed by atoms with E-state index in [1.165, 1.54) is 4.68 Å². The standard InChI is InChI=1S/C7H14N4O2S/c1-5(14(3,12)13)7(8)6-4-11(2)10-9-6/h4-5,7H,8H2,1-3H3. The molecule has 2 unspecified atom stereocenters. The molecule has 0 spiro atoms. The summed E-state index contributed by atoms with van der Waals surface area (Å²) in [4.78, 5) is 0. The van der Waals surface area contributed by atoms with Crippen LogP contribution in [0.5, 0.6) is 0 Å². The highest BCUT2D eigenvalue weighted by Gasteiger charge is 2.25. The van der Waals surface area contributed by atoms with E-state index in [0.29, 0.717) is 5.69 Å². The number of aryl methyl sites for hydroxylation is 1. The first-order chi connectivity index (χ1) is 6.32. The molecule has 7 heteroatoms. The van der Waals surface area contributed by atoms with E-state index >= 15 is 0 Å². The van der Waals surface area contributed by atoms with Crippen molar-refractivity contribution >= 4 is 9.84 Å². The van der Waals surface area contributed by atoms with Crippen molar-refractivity contribution in [3.8, 4) is 0 Å². The van der Waals surface area contributed by atoms with Crippen molar-refractivity contribution in [2.24, 2.45) is 12.8 Å². The van der Waals surface area contributed by atoms with E-state index in [1.807, 2.05) is 0 Å². The maximum absolute atomic E-state index is 11.2.